The van der Waals surface area contributed by atoms with Crippen LogP contribution in [0.15, 0.2) is 48.5 Å². The summed E-state index contributed by atoms with van der Waals surface area (Å²) in [7, 11) is -3.12. The van der Waals surface area contributed by atoms with Crippen LogP contribution in [-0.4, -0.2) is 36.8 Å². The zero-order valence-electron chi connectivity index (χ0n) is 17.0. The van der Waals surface area contributed by atoms with Crippen LogP contribution in [0, 0.1) is 0 Å². The minimum Gasteiger partial charge on any atom is -0.331 e. The number of sulfone groups is 1. The van der Waals surface area contributed by atoms with E-state index in [0.717, 1.165) is 5.56 Å². The van der Waals surface area contributed by atoms with E-state index in [4.69, 9.17) is 23.2 Å². The number of carbonyl (C=O) groups is 1. The van der Waals surface area contributed by atoms with Gasteiger partial charge in [0, 0.05) is 28.7 Å². The van der Waals surface area contributed by atoms with Crippen molar-refractivity contribution in [3.8, 4) is 0 Å². The molecule has 0 aromatic heterocycles. The standard InChI is InChI=1S/C23H25Cl2NO3S/c1-16(2)18-5-3-17(4-6-18)14-26(21-11-12-30(28,29)15-21)23(27)10-8-19-7-9-20(24)13-22(19)25/h3-10,13,16,21H,11-12,14-15H2,1-2H3. The summed E-state index contributed by atoms with van der Waals surface area (Å²) < 4.78 is 24.0. The maximum atomic E-state index is 13.0. The molecule has 1 amide bonds. The molecule has 0 radical (unpaired) electrons. The fraction of sp³-hybridized carbons (Fsp3) is 0.348. The predicted octanol–water partition coefficient (Wildman–Crippen LogP) is 5.35. The quantitative estimate of drug-likeness (QED) is 0.540. The molecule has 0 aliphatic carbocycles. The van der Waals surface area contributed by atoms with E-state index >= 15 is 0 Å². The van der Waals surface area contributed by atoms with Gasteiger partial charge in [-0.1, -0.05) is 67.4 Å². The molecule has 4 nitrogen and oxygen atoms in total. The van der Waals surface area contributed by atoms with Gasteiger partial charge in [-0.25, -0.2) is 8.42 Å². The second kappa shape index (κ2) is 9.54. The number of benzene rings is 2. The van der Waals surface area contributed by atoms with Gasteiger partial charge in [0.1, 0.15) is 0 Å². The van der Waals surface area contributed by atoms with Crippen molar-refractivity contribution >= 4 is 45.0 Å². The van der Waals surface area contributed by atoms with E-state index in [1.54, 1.807) is 29.2 Å². The Morgan fingerprint density at radius 3 is 2.43 bits per heavy atom. The van der Waals surface area contributed by atoms with Gasteiger partial charge in [0.15, 0.2) is 9.84 Å². The fourth-order valence-corrected chi connectivity index (χ4v) is 5.71. The molecule has 1 heterocycles. The van der Waals surface area contributed by atoms with Crippen LogP contribution in [0.1, 0.15) is 42.9 Å². The van der Waals surface area contributed by atoms with E-state index in [2.05, 4.69) is 26.0 Å². The topological polar surface area (TPSA) is 54.5 Å². The van der Waals surface area contributed by atoms with Gasteiger partial charge in [-0.3, -0.25) is 4.79 Å². The molecule has 1 aliphatic heterocycles. The smallest absolute Gasteiger partial charge is 0.247 e. The molecule has 7 heteroatoms. The molecule has 1 atom stereocenters. The van der Waals surface area contributed by atoms with Crippen LogP contribution >= 0.6 is 23.2 Å². The zero-order valence-corrected chi connectivity index (χ0v) is 19.3. The second-order valence-electron chi connectivity index (χ2n) is 7.92. The molecule has 3 rings (SSSR count). The van der Waals surface area contributed by atoms with Gasteiger partial charge >= 0.3 is 0 Å². The number of carbonyl (C=O) groups excluding carboxylic acids is 1. The zero-order chi connectivity index (χ0) is 21.9. The van der Waals surface area contributed by atoms with Gasteiger partial charge in [-0.2, -0.15) is 0 Å². The average Bonchev–Trinajstić information content (AvgIpc) is 3.05. The van der Waals surface area contributed by atoms with Gasteiger partial charge in [-0.15, -0.1) is 0 Å². The van der Waals surface area contributed by atoms with Gasteiger partial charge in [-0.05, 0) is 47.2 Å². The molecular formula is C23H25Cl2NO3S. The molecule has 0 N–H and O–H groups in total. The monoisotopic (exact) mass is 465 g/mol. The largest absolute Gasteiger partial charge is 0.331 e. The third kappa shape index (κ3) is 5.87. The predicted molar refractivity (Wildman–Crippen MR) is 124 cm³/mol. The molecular weight excluding hydrogens is 441 g/mol. The normalized spacial score (nSPS) is 18.2. The number of amides is 1. The van der Waals surface area contributed by atoms with Gasteiger partial charge in [0.2, 0.25) is 5.91 Å². The minimum absolute atomic E-state index is 0.00163. The summed E-state index contributed by atoms with van der Waals surface area (Å²) in [6.07, 6.45) is 3.54. The molecule has 0 saturated carbocycles. The Balaban J connectivity index is 1.83. The summed E-state index contributed by atoms with van der Waals surface area (Å²) in [6.45, 7) is 4.61. The van der Waals surface area contributed by atoms with E-state index in [1.165, 1.54) is 11.6 Å². The summed E-state index contributed by atoms with van der Waals surface area (Å²) in [5.41, 5.74) is 2.86. The average molecular weight is 466 g/mol. The highest BCUT2D eigenvalue weighted by Gasteiger charge is 2.34. The van der Waals surface area contributed by atoms with Gasteiger partial charge < -0.3 is 4.90 Å². The Bertz CT molecular complexity index is 1050. The first-order valence-electron chi connectivity index (χ1n) is 9.87. The maximum absolute atomic E-state index is 13.0. The van der Waals surface area contributed by atoms with Crippen LogP contribution in [0.4, 0.5) is 0 Å². The summed E-state index contributed by atoms with van der Waals surface area (Å²) in [5.74, 6) is 0.290. The van der Waals surface area contributed by atoms with E-state index in [0.29, 0.717) is 34.5 Å². The summed E-state index contributed by atoms with van der Waals surface area (Å²) in [6, 6.07) is 12.8. The molecule has 1 aliphatic rings. The maximum Gasteiger partial charge on any atom is 0.247 e. The highest BCUT2D eigenvalue weighted by atomic mass is 35.5. The third-order valence-electron chi connectivity index (χ3n) is 5.30. The highest BCUT2D eigenvalue weighted by Crippen LogP contribution is 2.24. The summed E-state index contributed by atoms with van der Waals surface area (Å²) in [4.78, 5) is 14.7. The van der Waals surface area contributed by atoms with E-state index in [-0.39, 0.29) is 23.5 Å². The minimum atomic E-state index is -3.12. The fourth-order valence-electron chi connectivity index (χ4n) is 3.51. The Hall–Kier alpha value is -1.82. The van der Waals surface area contributed by atoms with Crippen molar-refractivity contribution < 1.29 is 13.2 Å². The molecule has 1 saturated heterocycles. The van der Waals surface area contributed by atoms with E-state index < -0.39 is 9.84 Å². The van der Waals surface area contributed by atoms with Crippen LogP contribution in [0.5, 0.6) is 0 Å². The van der Waals surface area contributed by atoms with Crippen molar-refractivity contribution in [1.82, 2.24) is 4.90 Å². The SMILES string of the molecule is CC(C)c1ccc(CN(C(=O)C=Cc2ccc(Cl)cc2Cl)C2CCS(=O)(=O)C2)cc1. The summed E-state index contributed by atoms with van der Waals surface area (Å²) >= 11 is 12.1. The van der Waals surface area contributed by atoms with Crippen LogP contribution in [0.3, 0.4) is 0 Å². The molecule has 0 spiro atoms. The Labute approximate surface area is 188 Å². The molecule has 160 valence electrons. The van der Waals surface area contributed by atoms with Crippen molar-refractivity contribution in [2.24, 2.45) is 0 Å². The number of nitrogens with zero attached hydrogens (tertiary/aromatic N) is 1. The number of halogens is 2. The lowest BCUT2D eigenvalue weighted by Gasteiger charge is -2.27. The van der Waals surface area contributed by atoms with Crippen molar-refractivity contribution in [1.29, 1.82) is 0 Å². The van der Waals surface area contributed by atoms with Crippen LogP contribution < -0.4 is 0 Å². The van der Waals surface area contributed by atoms with E-state index in [1.807, 2.05) is 12.1 Å². The van der Waals surface area contributed by atoms with Gasteiger partial charge in [0.05, 0.1) is 11.5 Å². The van der Waals surface area contributed by atoms with Crippen molar-refractivity contribution in [3.63, 3.8) is 0 Å². The Kier molecular flexibility index (Phi) is 7.27. The second-order valence-corrected chi connectivity index (χ2v) is 11.0. The lowest BCUT2D eigenvalue weighted by atomic mass is 10.0. The number of hydrogen-bond donors (Lipinski definition) is 0. The summed E-state index contributed by atoms with van der Waals surface area (Å²) in [5, 5.41) is 0.969. The molecule has 1 unspecified atom stereocenters. The molecule has 2 aromatic rings. The van der Waals surface area contributed by atoms with Crippen LogP contribution in [0.2, 0.25) is 10.0 Å². The van der Waals surface area contributed by atoms with Crippen molar-refractivity contribution in [3.05, 3.63) is 75.3 Å². The van der Waals surface area contributed by atoms with Gasteiger partial charge in [0.25, 0.3) is 0 Å². The first kappa shape index (κ1) is 22.9. The molecule has 30 heavy (non-hydrogen) atoms. The highest BCUT2D eigenvalue weighted by molar-refractivity contribution is 7.91. The van der Waals surface area contributed by atoms with E-state index in [9.17, 15) is 13.2 Å². The number of rotatable bonds is 6. The Morgan fingerprint density at radius 2 is 1.87 bits per heavy atom. The lowest BCUT2D eigenvalue weighted by Crippen LogP contribution is -2.39. The van der Waals surface area contributed by atoms with Crippen molar-refractivity contribution in [2.75, 3.05) is 11.5 Å². The first-order chi connectivity index (χ1) is 14.1. The van der Waals surface area contributed by atoms with Crippen LogP contribution in [0.25, 0.3) is 6.08 Å². The molecule has 0 bridgehead atoms. The number of hydrogen-bond acceptors (Lipinski definition) is 3. The van der Waals surface area contributed by atoms with Crippen LogP contribution in [-0.2, 0) is 21.2 Å². The molecule has 1 fully saturated rings. The van der Waals surface area contributed by atoms with Crippen molar-refractivity contribution in [2.45, 2.75) is 38.8 Å². The first-order valence-corrected chi connectivity index (χ1v) is 12.5. The Morgan fingerprint density at radius 1 is 1.17 bits per heavy atom. The third-order valence-corrected chi connectivity index (χ3v) is 7.61. The lowest BCUT2D eigenvalue weighted by molar-refractivity contribution is -0.128. The molecule has 2 aromatic carbocycles.